The average Bonchev–Trinajstić information content (AvgIpc) is 2.81. The number of carbonyl (C=O) groups excluding carboxylic acids is 3. The Hall–Kier alpha value is -1.39. The fraction of sp³-hybridized carbons (Fsp3) is 0.786. The maximum Gasteiger partial charge on any atom is 0.331 e. The van der Waals surface area contributed by atoms with Gasteiger partial charge in [-0.2, -0.15) is 0 Å². The molecule has 0 bridgehead atoms. The zero-order valence-corrected chi connectivity index (χ0v) is 11.3. The van der Waals surface area contributed by atoms with Crippen molar-refractivity contribution in [3.05, 3.63) is 0 Å². The maximum atomic E-state index is 12.8. The molecule has 3 rings (SSSR count). The molecule has 5 nitrogen and oxygen atoms in total. The predicted molar refractivity (Wildman–Crippen MR) is 68.2 cm³/mol. The molecular formula is C14H20N2O3. The minimum atomic E-state index is -0.953. The van der Waals surface area contributed by atoms with E-state index in [-0.39, 0.29) is 17.4 Å². The van der Waals surface area contributed by atoms with Gasteiger partial charge in [0.15, 0.2) is 0 Å². The lowest BCUT2D eigenvalue weighted by atomic mass is 9.71. The van der Waals surface area contributed by atoms with Crippen LogP contribution in [0.25, 0.3) is 0 Å². The van der Waals surface area contributed by atoms with E-state index in [1.807, 2.05) is 6.92 Å². The third kappa shape index (κ3) is 1.50. The van der Waals surface area contributed by atoms with Crippen LogP contribution in [0.5, 0.6) is 0 Å². The monoisotopic (exact) mass is 264 g/mol. The van der Waals surface area contributed by atoms with Gasteiger partial charge in [-0.05, 0) is 38.5 Å². The van der Waals surface area contributed by atoms with Crippen molar-refractivity contribution in [2.45, 2.75) is 63.8 Å². The van der Waals surface area contributed by atoms with Crippen LogP contribution in [0.4, 0.5) is 4.79 Å². The lowest BCUT2D eigenvalue weighted by molar-refractivity contribution is -0.158. The van der Waals surface area contributed by atoms with E-state index in [2.05, 4.69) is 5.32 Å². The molecule has 4 amide bonds. The molecule has 1 aliphatic heterocycles. The molecule has 1 heterocycles. The van der Waals surface area contributed by atoms with Crippen LogP contribution in [0.3, 0.4) is 0 Å². The summed E-state index contributed by atoms with van der Waals surface area (Å²) in [5, 5.41) is 2.43. The van der Waals surface area contributed by atoms with Gasteiger partial charge in [-0.25, -0.2) is 4.79 Å². The summed E-state index contributed by atoms with van der Waals surface area (Å²) in [4.78, 5) is 38.5. The quantitative estimate of drug-likeness (QED) is 0.775. The summed E-state index contributed by atoms with van der Waals surface area (Å²) in [7, 11) is 0. The van der Waals surface area contributed by atoms with Gasteiger partial charge < -0.3 is 0 Å². The van der Waals surface area contributed by atoms with Crippen molar-refractivity contribution in [3.63, 3.8) is 0 Å². The molecule has 19 heavy (non-hydrogen) atoms. The first kappa shape index (κ1) is 12.6. The summed E-state index contributed by atoms with van der Waals surface area (Å²) in [5.41, 5.74) is -1.29. The lowest BCUT2D eigenvalue weighted by Crippen LogP contribution is -2.70. The molecule has 0 unspecified atom stereocenters. The highest BCUT2D eigenvalue weighted by molar-refractivity contribution is 6.19. The molecule has 1 saturated heterocycles. The predicted octanol–water partition coefficient (Wildman–Crippen LogP) is 1.96. The van der Waals surface area contributed by atoms with Crippen LogP contribution < -0.4 is 5.32 Å². The summed E-state index contributed by atoms with van der Waals surface area (Å²) in [6.07, 6.45) is 6.51. The summed E-state index contributed by atoms with van der Waals surface area (Å²) in [5.74, 6) is -0.609. The minimum Gasteiger partial charge on any atom is -0.277 e. The van der Waals surface area contributed by atoms with Crippen molar-refractivity contribution >= 4 is 17.8 Å². The summed E-state index contributed by atoms with van der Waals surface area (Å²) in [6, 6.07) is -0.505. The molecule has 2 saturated carbocycles. The van der Waals surface area contributed by atoms with E-state index >= 15 is 0 Å². The Kier molecular flexibility index (Phi) is 2.69. The van der Waals surface area contributed by atoms with E-state index in [1.165, 1.54) is 4.90 Å². The second-order valence-electron chi connectivity index (χ2n) is 6.12. The van der Waals surface area contributed by atoms with E-state index in [0.717, 1.165) is 38.5 Å². The van der Waals surface area contributed by atoms with Crippen molar-refractivity contribution in [2.24, 2.45) is 5.41 Å². The zero-order valence-electron chi connectivity index (χ0n) is 11.3. The zero-order chi connectivity index (χ0) is 13.7. The first-order valence-electron chi connectivity index (χ1n) is 7.26. The second kappa shape index (κ2) is 4.05. The molecule has 0 atom stereocenters. The van der Waals surface area contributed by atoms with Gasteiger partial charge in [-0.15, -0.1) is 0 Å². The minimum absolute atomic E-state index is 0.236. The maximum absolute atomic E-state index is 12.8. The fourth-order valence-electron chi connectivity index (χ4n) is 3.85. The second-order valence-corrected chi connectivity index (χ2v) is 6.12. The largest absolute Gasteiger partial charge is 0.331 e. The number of hydrogen-bond acceptors (Lipinski definition) is 3. The fourth-order valence-corrected chi connectivity index (χ4v) is 3.85. The highest BCUT2D eigenvalue weighted by Gasteiger charge is 2.60. The van der Waals surface area contributed by atoms with Gasteiger partial charge >= 0.3 is 6.03 Å². The first-order chi connectivity index (χ1) is 9.06. The number of rotatable bonds is 2. The van der Waals surface area contributed by atoms with E-state index in [9.17, 15) is 14.4 Å². The van der Waals surface area contributed by atoms with Gasteiger partial charge in [0.1, 0.15) is 5.41 Å². The van der Waals surface area contributed by atoms with Gasteiger partial charge in [0.05, 0.1) is 5.54 Å². The van der Waals surface area contributed by atoms with Crippen molar-refractivity contribution in [3.8, 4) is 0 Å². The van der Waals surface area contributed by atoms with Gasteiger partial charge in [0, 0.05) is 0 Å². The third-order valence-corrected chi connectivity index (χ3v) is 5.34. The molecule has 3 fully saturated rings. The van der Waals surface area contributed by atoms with Crippen LogP contribution in [0.1, 0.15) is 58.3 Å². The molecule has 3 aliphatic rings. The van der Waals surface area contributed by atoms with E-state index in [0.29, 0.717) is 12.8 Å². The number of carbonyl (C=O) groups is 3. The number of nitrogens with one attached hydrogen (secondary N) is 1. The Morgan fingerprint density at radius 3 is 2.16 bits per heavy atom. The summed E-state index contributed by atoms with van der Waals surface area (Å²) >= 11 is 0. The summed E-state index contributed by atoms with van der Waals surface area (Å²) in [6.45, 7) is 2.01. The van der Waals surface area contributed by atoms with E-state index in [1.54, 1.807) is 0 Å². The Labute approximate surface area is 112 Å². The SMILES string of the molecule is CCC1(N2C(=O)NC(=O)C3(CCCC3)C2=O)CCC1. The molecule has 5 heteroatoms. The first-order valence-corrected chi connectivity index (χ1v) is 7.26. The van der Waals surface area contributed by atoms with Crippen LogP contribution in [0, 0.1) is 5.41 Å². The number of imide groups is 2. The highest BCUT2D eigenvalue weighted by Crippen LogP contribution is 2.48. The molecular weight excluding hydrogens is 244 g/mol. The number of amides is 4. The van der Waals surface area contributed by atoms with Crippen LogP contribution >= 0.6 is 0 Å². The van der Waals surface area contributed by atoms with Crippen molar-refractivity contribution in [2.75, 3.05) is 0 Å². The molecule has 0 aromatic heterocycles. The third-order valence-electron chi connectivity index (χ3n) is 5.34. The number of nitrogens with zero attached hydrogens (tertiary/aromatic N) is 1. The molecule has 0 aromatic rings. The number of hydrogen-bond donors (Lipinski definition) is 1. The molecule has 0 aromatic carbocycles. The van der Waals surface area contributed by atoms with Gasteiger partial charge in [-0.3, -0.25) is 19.8 Å². The smallest absolute Gasteiger partial charge is 0.277 e. The number of urea groups is 1. The van der Waals surface area contributed by atoms with Crippen LogP contribution in [-0.4, -0.2) is 28.3 Å². The summed E-state index contributed by atoms with van der Waals surface area (Å²) < 4.78 is 0. The average molecular weight is 264 g/mol. The van der Waals surface area contributed by atoms with Crippen LogP contribution in [0.15, 0.2) is 0 Å². The van der Waals surface area contributed by atoms with Gasteiger partial charge in [0.2, 0.25) is 11.8 Å². The number of barbiturate groups is 1. The topological polar surface area (TPSA) is 66.5 Å². The molecule has 1 spiro atoms. The lowest BCUT2D eigenvalue weighted by Gasteiger charge is -2.52. The van der Waals surface area contributed by atoms with Crippen molar-refractivity contribution < 1.29 is 14.4 Å². The Bertz CT molecular complexity index is 442. The molecule has 104 valence electrons. The van der Waals surface area contributed by atoms with E-state index in [4.69, 9.17) is 0 Å². The van der Waals surface area contributed by atoms with Crippen molar-refractivity contribution in [1.82, 2.24) is 10.2 Å². The molecule has 2 aliphatic carbocycles. The van der Waals surface area contributed by atoms with Crippen LogP contribution in [-0.2, 0) is 9.59 Å². The highest BCUT2D eigenvalue weighted by atomic mass is 16.2. The van der Waals surface area contributed by atoms with Gasteiger partial charge in [-0.1, -0.05) is 19.8 Å². The molecule has 0 radical (unpaired) electrons. The standard InChI is InChI=1S/C14H20N2O3/c1-2-13(6-5-7-13)16-11(18)14(8-3-4-9-14)10(17)15-12(16)19/h2-9H2,1H3,(H,15,17,19). The Morgan fingerprint density at radius 2 is 1.68 bits per heavy atom. The Morgan fingerprint density at radius 1 is 1.05 bits per heavy atom. The normalized spacial score (nSPS) is 28.5. The van der Waals surface area contributed by atoms with E-state index < -0.39 is 11.4 Å². The molecule has 1 N–H and O–H groups in total. The van der Waals surface area contributed by atoms with Gasteiger partial charge in [0.25, 0.3) is 0 Å². The Balaban J connectivity index is 1.98. The van der Waals surface area contributed by atoms with Crippen LogP contribution in [0.2, 0.25) is 0 Å². The van der Waals surface area contributed by atoms with Crippen molar-refractivity contribution in [1.29, 1.82) is 0 Å².